The molecule has 6 heterocycles. The highest BCUT2D eigenvalue weighted by molar-refractivity contribution is 7.81. The second kappa shape index (κ2) is 17.4. The van der Waals surface area contributed by atoms with E-state index in [0.29, 0.717) is 0 Å². The van der Waals surface area contributed by atoms with Crippen molar-refractivity contribution in [1.29, 1.82) is 0 Å². The van der Waals surface area contributed by atoms with Gasteiger partial charge in [0.2, 0.25) is 0 Å². The van der Waals surface area contributed by atoms with E-state index < -0.39 is 0 Å². The van der Waals surface area contributed by atoms with Crippen LogP contribution in [0.3, 0.4) is 0 Å². The summed E-state index contributed by atoms with van der Waals surface area (Å²) in [6.07, 6.45) is 16.8. The van der Waals surface area contributed by atoms with Gasteiger partial charge in [0.15, 0.2) is 0 Å². The molecule has 2 aliphatic rings. The van der Waals surface area contributed by atoms with Crippen molar-refractivity contribution in [2.45, 2.75) is 105 Å². The average molecular weight is 843 g/mol. The van der Waals surface area contributed by atoms with E-state index in [9.17, 15) is 0 Å². The van der Waals surface area contributed by atoms with E-state index in [1.54, 1.807) is 11.3 Å². The number of thiocarbonyl (C=S) groups is 2. The largest absolute Gasteiger partial charge is 0.338 e. The Labute approximate surface area is 365 Å². The molecule has 0 aliphatic carbocycles. The third-order valence-electron chi connectivity index (χ3n) is 12.4. The Hall–Kier alpha value is -3.82. The first kappa shape index (κ1) is 42.3. The van der Waals surface area contributed by atoms with Crippen molar-refractivity contribution in [3.05, 3.63) is 119 Å². The van der Waals surface area contributed by atoms with Crippen LogP contribution in [-0.2, 0) is 5.41 Å². The maximum absolute atomic E-state index is 6.10. The average Bonchev–Trinajstić information content (AvgIpc) is 4.00. The predicted molar refractivity (Wildman–Crippen MR) is 258 cm³/mol. The molecule has 0 amide bonds. The van der Waals surface area contributed by atoms with Crippen molar-refractivity contribution < 1.29 is 0 Å². The van der Waals surface area contributed by atoms with Crippen LogP contribution in [0, 0.1) is 11.3 Å². The fourth-order valence-electron chi connectivity index (χ4n) is 8.65. The molecule has 0 saturated carbocycles. The standard InChI is InChI=1S/C50H58N4S4/c1-10-12-13-14-15-26-49(4,5)44-25-19-34(31-52-44)41-22-24-43(58-41)42-23-21-40(57-42)33-18-20-39(51-30-33)45-35-28-38-36(29-37(35)47(55)53(45)8)46(54(9)48(38)56)50(6,7)27-16-17-32(3)11-2/h10,18-25,28-32H,1,11-17,26-27H2,2-9H3. The van der Waals surface area contributed by atoms with Crippen LogP contribution in [0.5, 0.6) is 0 Å². The van der Waals surface area contributed by atoms with E-state index in [-0.39, 0.29) is 10.8 Å². The second-order valence-electron chi connectivity index (χ2n) is 17.6. The first-order valence-corrected chi connectivity index (χ1v) is 23.4. The molecule has 1 unspecified atom stereocenters. The van der Waals surface area contributed by atoms with Crippen LogP contribution in [0.4, 0.5) is 0 Å². The number of aromatic nitrogens is 2. The maximum Gasteiger partial charge on any atom is 0.114 e. The minimum atomic E-state index is -0.0125. The Balaban J connectivity index is 1.09. The lowest BCUT2D eigenvalue weighted by atomic mass is 9.81. The summed E-state index contributed by atoms with van der Waals surface area (Å²) in [5, 5.41) is 2.33. The van der Waals surface area contributed by atoms with Gasteiger partial charge >= 0.3 is 0 Å². The summed E-state index contributed by atoms with van der Waals surface area (Å²) >= 11 is 15.8. The zero-order valence-corrected chi connectivity index (χ0v) is 38.8. The lowest BCUT2D eigenvalue weighted by molar-refractivity contribution is 0.365. The molecule has 0 bridgehead atoms. The van der Waals surface area contributed by atoms with Crippen molar-refractivity contribution in [2.24, 2.45) is 11.3 Å². The van der Waals surface area contributed by atoms with Gasteiger partial charge in [-0.1, -0.05) is 110 Å². The monoisotopic (exact) mass is 842 g/mol. The molecule has 1 aromatic carbocycles. The highest BCUT2D eigenvalue weighted by Gasteiger charge is 2.36. The van der Waals surface area contributed by atoms with Crippen molar-refractivity contribution in [3.8, 4) is 30.6 Å². The third-order valence-corrected chi connectivity index (χ3v) is 15.9. The highest BCUT2D eigenvalue weighted by atomic mass is 32.1. The molecular formula is C50H58N4S4. The summed E-state index contributed by atoms with van der Waals surface area (Å²) in [6.45, 7) is 17.9. The fraction of sp³-hybridized carbons (Fsp3) is 0.400. The Morgan fingerprint density at radius 1 is 0.707 bits per heavy atom. The Morgan fingerprint density at radius 2 is 1.29 bits per heavy atom. The number of thiophene rings is 2. The Bertz CT molecular complexity index is 2450. The Morgan fingerprint density at radius 3 is 1.90 bits per heavy atom. The number of hydrogen-bond donors (Lipinski definition) is 0. The molecule has 4 nitrogen and oxygen atoms in total. The minimum Gasteiger partial charge on any atom is -0.338 e. The molecule has 0 N–H and O–H groups in total. The molecule has 302 valence electrons. The van der Waals surface area contributed by atoms with Crippen LogP contribution in [0.2, 0.25) is 0 Å². The van der Waals surface area contributed by atoms with E-state index in [1.165, 1.54) is 80.2 Å². The maximum atomic E-state index is 6.10. The van der Waals surface area contributed by atoms with Crippen LogP contribution < -0.4 is 10.4 Å². The number of nitrogens with zero attached hydrogens (tertiary/aromatic N) is 4. The number of hydrogen-bond acceptors (Lipinski definition) is 6. The molecule has 58 heavy (non-hydrogen) atoms. The van der Waals surface area contributed by atoms with Gasteiger partial charge in [-0.2, -0.15) is 0 Å². The van der Waals surface area contributed by atoms with E-state index in [1.807, 2.05) is 23.6 Å². The molecule has 7 rings (SSSR count). The summed E-state index contributed by atoms with van der Waals surface area (Å²) in [5.41, 5.74) is 8.95. The summed E-state index contributed by atoms with van der Waals surface area (Å²) in [4.78, 5) is 21.0. The van der Waals surface area contributed by atoms with Crippen LogP contribution >= 0.6 is 47.1 Å². The van der Waals surface area contributed by atoms with Gasteiger partial charge in [0.1, 0.15) is 9.98 Å². The van der Waals surface area contributed by atoms with Gasteiger partial charge in [-0.3, -0.25) is 9.97 Å². The zero-order chi connectivity index (χ0) is 41.4. The SMILES string of the molecule is C=CCCCCCC(C)(C)c1ccc(-c2ccc(-c3ccc(-c4ccc(C5=c6cc7c(cc6C(=S)N5C)=C(C(C)(C)CCCC(C)CC)N(C)C7=S)nc4)s3)s2)cn1. The third kappa shape index (κ3) is 8.45. The quantitative estimate of drug-likeness (QED) is 0.0527. The number of pyridine rings is 2. The minimum absolute atomic E-state index is 0.0125. The number of rotatable bonds is 17. The molecule has 4 aromatic heterocycles. The number of benzene rings is 1. The lowest BCUT2D eigenvalue weighted by Gasteiger charge is -2.32. The van der Waals surface area contributed by atoms with Crippen molar-refractivity contribution in [1.82, 2.24) is 19.8 Å². The highest BCUT2D eigenvalue weighted by Crippen LogP contribution is 2.41. The van der Waals surface area contributed by atoms with Gasteiger partial charge in [0.25, 0.3) is 0 Å². The molecule has 0 radical (unpaired) electrons. The number of fused-ring (bicyclic) bond motifs is 2. The van der Waals surface area contributed by atoms with E-state index in [2.05, 4.69) is 139 Å². The molecular weight excluding hydrogens is 785 g/mol. The van der Waals surface area contributed by atoms with E-state index >= 15 is 0 Å². The van der Waals surface area contributed by atoms with Crippen LogP contribution in [0.25, 0.3) is 42.0 Å². The lowest BCUT2D eigenvalue weighted by Crippen LogP contribution is -2.29. The molecule has 8 heteroatoms. The van der Waals surface area contributed by atoms with Crippen LogP contribution in [0.1, 0.15) is 122 Å². The number of unbranched alkanes of at least 4 members (excludes halogenated alkanes) is 3. The Kier molecular flexibility index (Phi) is 12.7. The molecule has 0 saturated heterocycles. The smallest absolute Gasteiger partial charge is 0.114 e. The summed E-state index contributed by atoms with van der Waals surface area (Å²) in [7, 11) is 4.19. The predicted octanol–water partition coefficient (Wildman–Crippen LogP) is 12.8. The van der Waals surface area contributed by atoms with Gasteiger partial charge in [-0.05, 0) is 86.2 Å². The van der Waals surface area contributed by atoms with Crippen molar-refractivity contribution in [2.75, 3.05) is 14.1 Å². The molecule has 1 atom stereocenters. The summed E-state index contributed by atoms with van der Waals surface area (Å²) < 4.78 is 0. The van der Waals surface area contributed by atoms with Gasteiger partial charge in [0, 0.05) is 101 Å². The van der Waals surface area contributed by atoms with E-state index in [0.717, 1.165) is 68.5 Å². The van der Waals surface area contributed by atoms with Crippen molar-refractivity contribution >= 4 is 68.5 Å². The van der Waals surface area contributed by atoms with Gasteiger partial charge < -0.3 is 9.80 Å². The molecule has 5 aromatic rings. The van der Waals surface area contributed by atoms with Crippen LogP contribution in [-0.4, -0.2) is 43.8 Å². The van der Waals surface area contributed by atoms with Gasteiger partial charge in [-0.15, -0.1) is 29.3 Å². The first-order chi connectivity index (χ1) is 27.7. The van der Waals surface area contributed by atoms with Crippen molar-refractivity contribution in [3.63, 3.8) is 0 Å². The second-order valence-corrected chi connectivity index (χ2v) is 20.6. The van der Waals surface area contributed by atoms with Gasteiger partial charge in [-0.25, -0.2) is 0 Å². The zero-order valence-electron chi connectivity index (χ0n) is 35.6. The summed E-state index contributed by atoms with van der Waals surface area (Å²) in [5.74, 6) is 0.754. The number of allylic oxidation sites excluding steroid dienone is 1. The molecule has 2 aliphatic heterocycles. The topological polar surface area (TPSA) is 32.3 Å². The normalized spacial score (nSPS) is 14.8. The van der Waals surface area contributed by atoms with Gasteiger partial charge in [0.05, 0.1) is 11.4 Å². The van der Waals surface area contributed by atoms with E-state index in [4.69, 9.17) is 34.4 Å². The van der Waals surface area contributed by atoms with Crippen LogP contribution in [0.15, 0.2) is 85.7 Å². The molecule has 0 spiro atoms. The first-order valence-electron chi connectivity index (χ1n) is 21.0. The molecule has 0 fully saturated rings. The fourth-order valence-corrected chi connectivity index (χ4v) is 11.2. The summed E-state index contributed by atoms with van der Waals surface area (Å²) in [6, 6.07) is 22.3.